The van der Waals surface area contributed by atoms with Gasteiger partial charge >= 0.3 is 5.51 Å². The van der Waals surface area contributed by atoms with Crippen LogP contribution in [0.5, 0.6) is 0 Å². The monoisotopic (exact) mass is 224 g/mol. The SMILES string of the molecule is O=Cc1ccc(F)cc1SC(F)(F)F. The van der Waals surface area contributed by atoms with Crippen molar-refractivity contribution in [3.63, 3.8) is 0 Å². The first kappa shape index (κ1) is 11.0. The van der Waals surface area contributed by atoms with E-state index in [4.69, 9.17) is 0 Å². The van der Waals surface area contributed by atoms with Crippen molar-refractivity contribution in [1.82, 2.24) is 0 Å². The quantitative estimate of drug-likeness (QED) is 0.435. The number of carbonyl (C=O) groups excluding carboxylic acids is 1. The fourth-order valence-electron chi connectivity index (χ4n) is 0.819. The second-order valence-corrected chi connectivity index (χ2v) is 3.45. The Labute approximate surface area is 81.1 Å². The third-order valence-electron chi connectivity index (χ3n) is 1.33. The van der Waals surface area contributed by atoms with Crippen LogP contribution in [0.25, 0.3) is 0 Å². The van der Waals surface area contributed by atoms with E-state index in [0.717, 1.165) is 12.1 Å². The van der Waals surface area contributed by atoms with Gasteiger partial charge in [-0.1, -0.05) is 0 Å². The second-order valence-electron chi connectivity index (χ2n) is 2.35. The van der Waals surface area contributed by atoms with E-state index in [0.29, 0.717) is 6.07 Å². The summed E-state index contributed by atoms with van der Waals surface area (Å²) in [6.45, 7) is 0. The first-order chi connectivity index (χ1) is 6.42. The van der Waals surface area contributed by atoms with Crippen LogP contribution in [-0.4, -0.2) is 11.8 Å². The molecule has 0 aliphatic carbocycles. The molecule has 0 bridgehead atoms. The fourth-order valence-corrected chi connectivity index (χ4v) is 1.47. The van der Waals surface area contributed by atoms with E-state index in [2.05, 4.69) is 0 Å². The molecule has 0 radical (unpaired) electrons. The molecule has 1 nitrogen and oxygen atoms in total. The summed E-state index contributed by atoms with van der Waals surface area (Å²) in [5, 5.41) is 0. The van der Waals surface area contributed by atoms with Crippen LogP contribution >= 0.6 is 11.8 Å². The van der Waals surface area contributed by atoms with Crippen molar-refractivity contribution in [3.8, 4) is 0 Å². The molecule has 0 aromatic heterocycles. The minimum atomic E-state index is -4.52. The molecule has 0 atom stereocenters. The van der Waals surface area contributed by atoms with Gasteiger partial charge in [-0.3, -0.25) is 4.79 Å². The molecule has 0 aliphatic heterocycles. The van der Waals surface area contributed by atoms with Gasteiger partial charge in [0.05, 0.1) is 0 Å². The highest BCUT2D eigenvalue weighted by Crippen LogP contribution is 2.38. The van der Waals surface area contributed by atoms with Gasteiger partial charge in [-0.05, 0) is 30.0 Å². The number of benzene rings is 1. The van der Waals surface area contributed by atoms with Crippen molar-refractivity contribution >= 4 is 18.0 Å². The molecule has 0 heterocycles. The third-order valence-corrected chi connectivity index (χ3v) is 2.13. The summed E-state index contributed by atoms with van der Waals surface area (Å²) < 4.78 is 48.3. The first-order valence-corrected chi connectivity index (χ1v) is 4.24. The van der Waals surface area contributed by atoms with E-state index >= 15 is 0 Å². The number of rotatable bonds is 2. The van der Waals surface area contributed by atoms with Crippen molar-refractivity contribution in [2.75, 3.05) is 0 Å². The number of carbonyl (C=O) groups is 1. The van der Waals surface area contributed by atoms with E-state index in [1.165, 1.54) is 0 Å². The summed E-state index contributed by atoms with van der Waals surface area (Å²) in [6.07, 6.45) is 0.257. The molecular weight excluding hydrogens is 220 g/mol. The van der Waals surface area contributed by atoms with Gasteiger partial charge in [0.15, 0.2) is 6.29 Å². The van der Waals surface area contributed by atoms with Crippen LogP contribution in [0.15, 0.2) is 23.1 Å². The predicted octanol–water partition coefficient (Wildman–Crippen LogP) is 3.25. The number of hydrogen-bond acceptors (Lipinski definition) is 2. The van der Waals surface area contributed by atoms with Crippen molar-refractivity contribution in [3.05, 3.63) is 29.6 Å². The first-order valence-electron chi connectivity index (χ1n) is 3.43. The molecule has 1 rings (SSSR count). The third kappa shape index (κ3) is 3.02. The lowest BCUT2D eigenvalue weighted by Crippen LogP contribution is -2.01. The summed E-state index contributed by atoms with van der Waals surface area (Å²) in [6, 6.07) is 2.63. The Morgan fingerprint density at radius 1 is 1.29 bits per heavy atom. The maximum atomic E-state index is 12.6. The second kappa shape index (κ2) is 4.00. The molecule has 0 fully saturated rings. The Hall–Kier alpha value is -1.04. The minimum absolute atomic E-state index is 0.172. The van der Waals surface area contributed by atoms with Gasteiger partial charge < -0.3 is 0 Å². The Bertz CT molecular complexity index is 348. The van der Waals surface area contributed by atoms with Crippen molar-refractivity contribution < 1.29 is 22.4 Å². The molecule has 14 heavy (non-hydrogen) atoms. The topological polar surface area (TPSA) is 17.1 Å². The average molecular weight is 224 g/mol. The van der Waals surface area contributed by atoms with Gasteiger partial charge in [-0.2, -0.15) is 13.2 Å². The molecule has 6 heteroatoms. The number of alkyl halides is 3. The van der Waals surface area contributed by atoms with Gasteiger partial charge in [0.1, 0.15) is 5.82 Å². The zero-order valence-electron chi connectivity index (χ0n) is 6.64. The molecule has 0 unspecified atom stereocenters. The van der Waals surface area contributed by atoms with Crippen molar-refractivity contribution in [1.29, 1.82) is 0 Å². The van der Waals surface area contributed by atoms with Crippen LogP contribution < -0.4 is 0 Å². The lowest BCUT2D eigenvalue weighted by Gasteiger charge is -2.07. The van der Waals surface area contributed by atoms with Crippen LogP contribution in [0, 0.1) is 5.82 Å². The molecule has 0 N–H and O–H groups in total. The number of halogens is 4. The van der Waals surface area contributed by atoms with E-state index in [9.17, 15) is 22.4 Å². The zero-order chi connectivity index (χ0) is 10.8. The molecular formula is C8H4F4OS. The van der Waals surface area contributed by atoms with Gasteiger partial charge in [-0.15, -0.1) is 0 Å². The summed E-state index contributed by atoms with van der Waals surface area (Å²) >= 11 is -0.505. The Morgan fingerprint density at radius 3 is 2.43 bits per heavy atom. The van der Waals surface area contributed by atoms with E-state index in [1.54, 1.807) is 0 Å². The Kier molecular flexibility index (Phi) is 3.15. The molecule has 0 amide bonds. The highest BCUT2D eigenvalue weighted by atomic mass is 32.2. The maximum absolute atomic E-state index is 12.6. The van der Waals surface area contributed by atoms with Crippen molar-refractivity contribution in [2.24, 2.45) is 0 Å². The summed E-state index contributed by atoms with van der Waals surface area (Å²) in [7, 11) is 0. The standard InChI is InChI=1S/C8H4F4OS/c9-6-2-1-5(4-13)7(3-6)14-8(10,11)12/h1-4H. The molecule has 1 aromatic rings. The van der Waals surface area contributed by atoms with Gasteiger partial charge in [0.25, 0.3) is 0 Å². The summed E-state index contributed by atoms with van der Waals surface area (Å²) in [4.78, 5) is 9.90. The van der Waals surface area contributed by atoms with Gasteiger partial charge in [0.2, 0.25) is 0 Å². The van der Waals surface area contributed by atoms with Crippen molar-refractivity contribution in [2.45, 2.75) is 10.4 Å². The smallest absolute Gasteiger partial charge is 0.298 e. The van der Waals surface area contributed by atoms with E-state index in [1.807, 2.05) is 0 Å². The largest absolute Gasteiger partial charge is 0.446 e. The zero-order valence-corrected chi connectivity index (χ0v) is 7.45. The average Bonchev–Trinajstić information content (AvgIpc) is 2.01. The fraction of sp³-hybridized carbons (Fsp3) is 0.125. The molecule has 0 saturated carbocycles. The lowest BCUT2D eigenvalue weighted by molar-refractivity contribution is -0.0328. The van der Waals surface area contributed by atoms with E-state index in [-0.39, 0.29) is 11.8 Å². The Balaban J connectivity index is 3.05. The van der Waals surface area contributed by atoms with Gasteiger partial charge in [-0.25, -0.2) is 4.39 Å². The van der Waals surface area contributed by atoms with Crippen LogP contribution in [0.4, 0.5) is 17.6 Å². The molecule has 0 saturated heterocycles. The predicted molar refractivity (Wildman–Crippen MR) is 43.7 cm³/mol. The van der Waals surface area contributed by atoms with Crippen LogP contribution in [0.3, 0.4) is 0 Å². The Morgan fingerprint density at radius 2 is 1.93 bits per heavy atom. The normalized spacial score (nSPS) is 11.4. The molecule has 1 aromatic carbocycles. The lowest BCUT2D eigenvalue weighted by atomic mass is 10.2. The highest BCUT2D eigenvalue weighted by molar-refractivity contribution is 8.00. The molecule has 76 valence electrons. The van der Waals surface area contributed by atoms with Crippen LogP contribution in [-0.2, 0) is 0 Å². The number of aldehydes is 1. The summed E-state index contributed by atoms with van der Waals surface area (Å²) in [5.41, 5.74) is -4.69. The molecule has 0 aliphatic rings. The summed E-state index contributed by atoms with van der Waals surface area (Å²) in [5.74, 6) is -0.803. The van der Waals surface area contributed by atoms with Crippen LogP contribution in [0.2, 0.25) is 0 Å². The molecule has 0 spiro atoms. The van der Waals surface area contributed by atoms with Gasteiger partial charge in [0, 0.05) is 10.5 Å². The van der Waals surface area contributed by atoms with Crippen LogP contribution in [0.1, 0.15) is 10.4 Å². The maximum Gasteiger partial charge on any atom is 0.446 e. The number of hydrogen-bond donors (Lipinski definition) is 0. The minimum Gasteiger partial charge on any atom is -0.298 e. The highest BCUT2D eigenvalue weighted by Gasteiger charge is 2.30. The number of thioether (sulfide) groups is 1. The van der Waals surface area contributed by atoms with E-state index < -0.39 is 28.0 Å².